The molecule has 1 aliphatic heterocycles. The highest BCUT2D eigenvalue weighted by Crippen LogP contribution is 2.16. The zero-order valence-electron chi connectivity index (χ0n) is 8.79. The van der Waals surface area contributed by atoms with Crippen LogP contribution in [0.5, 0.6) is 0 Å². The lowest BCUT2D eigenvalue weighted by Crippen LogP contribution is -2.56. The minimum Gasteiger partial charge on any atom is -0.456 e. The topological polar surface area (TPSA) is 67.8 Å². The predicted octanol–water partition coefficient (Wildman–Crippen LogP) is -0.364. The molecule has 1 heterocycles. The first-order valence-corrected chi connectivity index (χ1v) is 4.64. The molecule has 1 saturated heterocycles. The van der Waals surface area contributed by atoms with Gasteiger partial charge in [-0.25, -0.2) is 4.79 Å². The molecule has 0 aromatic rings. The molecule has 1 fully saturated rings. The summed E-state index contributed by atoms with van der Waals surface area (Å²) in [4.78, 5) is 11.5. The van der Waals surface area contributed by atoms with E-state index in [-0.39, 0.29) is 6.54 Å². The summed E-state index contributed by atoms with van der Waals surface area (Å²) in [6.07, 6.45) is 0. The Balaban J connectivity index is 2.58. The molecule has 1 rings (SSSR count). The molecule has 0 bridgehead atoms. The first-order valence-electron chi connectivity index (χ1n) is 4.64. The molecule has 0 aromatic carbocycles. The van der Waals surface area contributed by atoms with Crippen LogP contribution in [0.15, 0.2) is 0 Å². The Labute approximate surface area is 83.4 Å². The summed E-state index contributed by atoms with van der Waals surface area (Å²) in [7, 11) is 0. The van der Waals surface area contributed by atoms with Crippen LogP contribution in [-0.2, 0) is 14.3 Å². The van der Waals surface area contributed by atoms with Crippen molar-refractivity contribution >= 4 is 5.97 Å². The normalized spacial score (nSPS) is 28.6. The van der Waals surface area contributed by atoms with Crippen LogP contribution < -0.4 is 5.32 Å². The maximum Gasteiger partial charge on any atom is 0.368 e. The second-order valence-corrected chi connectivity index (χ2v) is 4.31. The summed E-state index contributed by atoms with van der Waals surface area (Å²) in [6, 6.07) is 0. The van der Waals surface area contributed by atoms with Gasteiger partial charge >= 0.3 is 5.97 Å². The van der Waals surface area contributed by atoms with Crippen molar-refractivity contribution in [3.63, 3.8) is 0 Å². The Kier molecular flexibility index (Phi) is 3.14. The van der Waals surface area contributed by atoms with Crippen LogP contribution in [0, 0.1) is 0 Å². The van der Waals surface area contributed by atoms with E-state index in [1.807, 2.05) is 0 Å². The van der Waals surface area contributed by atoms with Gasteiger partial charge in [-0.15, -0.1) is 0 Å². The minimum atomic E-state index is -1.83. The highest BCUT2D eigenvalue weighted by atomic mass is 16.7. The number of esters is 1. The number of nitrogens with one attached hydrogen (secondary N) is 1. The molecule has 0 radical (unpaired) electrons. The number of morpholine rings is 1. The van der Waals surface area contributed by atoms with Crippen LogP contribution in [0.3, 0.4) is 0 Å². The van der Waals surface area contributed by atoms with Crippen LogP contribution in [-0.4, -0.2) is 42.2 Å². The Morgan fingerprint density at radius 3 is 2.64 bits per heavy atom. The number of carbonyl (C=O) groups excluding carboxylic acids is 1. The van der Waals surface area contributed by atoms with E-state index in [2.05, 4.69) is 5.32 Å². The predicted molar refractivity (Wildman–Crippen MR) is 49.6 cm³/mol. The summed E-state index contributed by atoms with van der Waals surface area (Å²) < 4.78 is 10.0. The van der Waals surface area contributed by atoms with Gasteiger partial charge in [-0.3, -0.25) is 0 Å². The van der Waals surface area contributed by atoms with Crippen molar-refractivity contribution in [2.24, 2.45) is 0 Å². The van der Waals surface area contributed by atoms with Gasteiger partial charge in [-0.2, -0.15) is 0 Å². The Morgan fingerprint density at radius 2 is 2.21 bits per heavy atom. The SMILES string of the molecule is CC(C)(C)OC(=O)C1(O)CNCCO1. The molecule has 5 nitrogen and oxygen atoms in total. The maximum atomic E-state index is 11.5. The average molecular weight is 203 g/mol. The van der Waals surface area contributed by atoms with Gasteiger partial charge in [0.05, 0.1) is 13.2 Å². The maximum absolute atomic E-state index is 11.5. The summed E-state index contributed by atoms with van der Waals surface area (Å²) >= 11 is 0. The molecule has 2 N–H and O–H groups in total. The van der Waals surface area contributed by atoms with E-state index in [1.54, 1.807) is 20.8 Å². The van der Waals surface area contributed by atoms with Gasteiger partial charge in [-0.1, -0.05) is 0 Å². The number of ether oxygens (including phenoxy) is 2. The second kappa shape index (κ2) is 3.84. The highest BCUT2D eigenvalue weighted by molar-refractivity contribution is 5.78. The summed E-state index contributed by atoms with van der Waals surface area (Å²) in [5.74, 6) is -2.57. The Morgan fingerprint density at radius 1 is 1.57 bits per heavy atom. The monoisotopic (exact) mass is 203 g/mol. The second-order valence-electron chi connectivity index (χ2n) is 4.31. The Hall–Kier alpha value is -0.650. The van der Waals surface area contributed by atoms with Gasteiger partial charge in [0.25, 0.3) is 5.79 Å². The lowest BCUT2D eigenvalue weighted by Gasteiger charge is -2.32. The van der Waals surface area contributed by atoms with Gasteiger partial charge in [0, 0.05) is 6.54 Å². The number of aliphatic hydroxyl groups is 1. The van der Waals surface area contributed by atoms with Crippen molar-refractivity contribution < 1.29 is 19.4 Å². The largest absolute Gasteiger partial charge is 0.456 e. The molecule has 0 aromatic heterocycles. The zero-order valence-corrected chi connectivity index (χ0v) is 8.79. The van der Waals surface area contributed by atoms with E-state index in [9.17, 15) is 9.90 Å². The van der Waals surface area contributed by atoms with Crippen molar-refractivity contribution in [2.75, 3.05) is 19.7 Å². The van der Waals surface area contributed by atoms with Gasteiger partial charge < -0.3 is 19.9 Å². The molecule has 82 valence electrons. The summed E-state index contributed by atoms with van der Waals surface area (Å²) in [5, 5.41) is 12.6. The van der Waals surface area contributed by atoms with E-state index in [0.717, 1.165) is 0 Å². The first kappa shape index (κ1) is 11.4. The van der Waals surface area contributed by atoms with Crippen molar-refractivity contribution in [1.82, 2.24) is 5.32 Å². The molecular weight excluding hydrogens is 186 g/mol. The van der Waals surface area contributed by atoms with Crippen molar-refractivity contribution in [1.29, 1.82) is 0 Å². The molecule has 1 aliphatic rings. The van der Waals surface area contributed by atoms with Crippen LogP contribution >= 0.6 is 0 Å². The van der Waals surface area contributed by atoms with Crippen LogP contribution in [0.4, 0.5) is 0 Å². The van der Waals surface area contributed by atoms with Crippen molar-refractivity contribution in [2.45, 2.75) is 32.2 Å². The smallest absolute Gasteiger partial charge is 0.368 e. The highest BCUT2D eigenvalue weighted by Gasteiger charge is 2.42. The molecule has 1 atom stereocenters. The van der Waals surface area contributed by atoms with E-state index < -0.39 is 17.4 Å². The summed E-state index contributed by atoms with van der Waals surface area (Å²) in [6.45, 7) is 6.22. The number of hydrogen-bond acceptors (Lipinski definition) is 5. The van der Waals surface area contributed by atoms with Crippen LogP contribution in [0.1, 0.15) is 20.8 Å². The fraction of sp³-hybridized carbons (Fsp3) is 0.889. The number of carbonyl (C=O) groups is 1. The molecule has 0 saturated carbocycles. The third-order valence-electron chi connectivity index (χ3n) is 1.70. The molecular formula is C9H17NO4. The van der Waals surface area contributed by atoms with E-state index in [1.165, 1.54) is 0 Å². The van der Waals surface area contributed by atoms with Crippen molar-refractivity contribution in [3.05, 3.63) is 0 Å². The molecule has 0 amide bonds. The molecule has 14 heavy (non-hydrogen) atoms. The van der Waals surface area contributed by atoms with Crippen LogP contribution in [0.25, 0.3) is 0 Å². The molecule has 5 heteroatoms. The third-order valence-corrected chi connectivity index (χ3v) is 1.70. The van der Waals surface area contributed by atoms with Crippen LogP contribution in [0.2, 0.25) is 0 Å². The number of rotatable bonds is 1. The lowest BCUT2D eigenvalue weighted by molar-refractivity contribution is -0.241. The average Bonchev–Trinajstić information content (AvgIpc) is 2.02. The minimum absolute atomic E-state index is 0.0713. The molecule has 0 spiro atoms. The first-order chi connectivity index (χ1) is 6.33. The van der Waals surface area contributed by atoms with Crippen molar-refractivity contribution in [3.8, 4) is 0 Å². The van der Waals surface area contributed by atoms with E-state index >= 15 is 0 Å². The summed E-state index contributed by atoms with van der Waals surface area (Å²) in [5.41, 5.74) is -0.617. The van der Waals surface area contributed by atoms with Gasteiger partial charge in [0.15, 0.2) is 0 Å². The fourth-order valence-electron chi connectivity index (χ4n) is 1.09. The number of β-amino-alcohol motifs (C(OH)–C–C–N with tert-alkyl or cyclic N) is 1. The quantitative estimate of drug-likeness (QED) is 0.569. The van der Waals surface area contributed by atoms with Gasteiger partial charge in [-0.05, 0) is 20.8 Å². The lowest BCUT2D eigenvalue weighted by atomic mass is 10.2. The van der Waals surface area contributed by atoms with Gasteiger partial charge in [0.1, 0.15) is 5.60 Å². The zero-order chi connectivity index (χ0) is 10.8. The fourth-order valence-corrected chi connectivity index (χ4v) is 1.09. The third kappa shape index (κ3) is 2.94. The van der Waals surface area contributed by atoms with Gasteiger partial charge in [0.2, 0.25) is 0 Å². The standard InChI is InChI=1S/C9H17NO4/c1-8(2,3)14-7(11)9(12)6-10-4-5-13-9/h10,12H,4-6H2,1-3H3. The van der Waals surface area contributed by atoms with E-state index in [0.29, 0.717) is 13.2 Å². The van der Waals surface area contributed by atoms with E-state index in [4.69, 9.17) is 9.47 Å². The Bertz CT molecular complexity index is 215. The number of hydrogen-bond donors (Lipinski definition) is 2. The molecule has 1 unspecified atom stereocenters. The molecule has 0 aliphatic carbocycles.